The largest absolute Gasteiger partial charge is 0.309 e. The highest BCUT2D eigenvalue weighted by Gasteiger charge is 2.25. The van der Waals surface area contributed by atoms with Gasteiger partial charge in [0.25, 0.3) is 0 Å². The van der Waals surface area contributed by atoms with E-state index in [0.717, 1.165) is 0 Å². The Labute approximate surface area is 685 Å². The van der Waals surface area contributed by atoms with E-state index in [1.165, 1.54) is 257 Å². The monoisotopic (exact) mass is 1520 g/mol. The van der Waals surface area contributed by atoms with Gasteiger partial charge < -0.3 is 22.2 Å². The van der Waals surface area contributed by atoms with Gasteiger partial charge in [-0.25, -0.2) is 0 Å². The van der Waals surface area contributed by atoms with Gasteiger partial charge in [-0.3, -0.25) is 0 Å². The van der Waals surface area contributed by atoms with Crippen LogP contribution in [0, 0.1) is 41.5 Å². The van der Waals surface area contributed by atoms with Gasteiger partial charge >= 0.3 is 0 Å². The van der Waals surface area contributed by atoms with Crippen LogP contribution in [-0.4, -0.2) is 22.2 Å². The molecule has 19 aromatic carbocycles. The molecule has 5 nitrogen and oxygen atoms in total. The van der Waals surface area contributed by atoms with Crippen LogP contribution >= 0.6 is 0 Å². The zero-order chi connectivity index (χ0) is 79.2. The third-order valence-electron chi connectivity index (χ3n) is 25.6. The van der Waals surface area contributed by atoms with Crippen LogP contribution in [0.2, 0.25) is 0 Å². The van der Waals surface area contributed by atoms with E-state index in [4.69, 9.17) is 0 Å². The molecule has 0 saturated heterocycles. The minimum atomic E-state index is 1.22. The van der Waals surface area contributed by atoms with Crippen LogP contribution in [-0.2, 0) is 0 Å². The third-order valence-corrected chi connectivity index (χ3v) is 25.6. The van der Waals surface area contributed by atoms with Gasteiger partial charge in [0.2, 0.25) is 0 Å². The SMILES string of the molecule is Cc1cc2c3ccccc3n3c4c5ccccc5ccc4c(c1)c23.Cc1cc2c3ccccc3n3c4cc5ccccc5cc4c(c1)c23.Cc1cc2c3ccccc3n3c4ccc5ccccc5c4c(c1)c23.Cc1ccc(-n2c3ccccc3c3cc(C)ccc32)cc1.Cc1cccc(-c2cc3c4ccccc4n4c5ccccc5c(c2)c34)c1. The average Bonchev–Trinajstić information content (AvgIpc) is 1.55. The van der Waals surface area contributed by atoms with Crippen LogP contribution < -0.4 is 0 Å². The van der Waals surface area contributed by atoms with Crippen LogP contribution in [0.15, 0.2) is 370 Å². The van der Waals surface area contributed by atoms with Crippen LogP contribution in [0.4, 0.5) is 0 Å². The summed E-state index contributed by atoms with van der Waals surface area (Å²) in [5.41, 5.74) is 30.0. The second-order valence-corrected chi connectivity index (χ2v) is 33.1. The third kappa shape index (κ3) is 10.3. The van der Waals surface area contributed by atoms with E-state index in [0.29, 0.717) is 0 Å². The van der Waals surface area contributed by atoms with Gasteiger partial charge in [-0.2, -0.15) is 0 Å². The predicted molar refractivity (Wildman–Crippen MR) is 512 cm³/mol. The molecule has 0 unspecified atom stereocenters. The standard InChI is InChI=1S/C25H17N.3C23H15N.C20H17N/c1-16-7-6-8-17(13-16)18-14-21-19-9-2-4-11-23(19)26-24-12-5-3-10-20(24)22(15-18)25(21)26;1-14-10-19-17-8-4-5-9-21(17)24-22-13-16-7-3-2-6-15(16)12-18(22)20(11-14)23(19)24;1-14-12-18-17-8-4-5-9-20(17)24-21-11-10-15-6-2-3-7-16(15)22(21)19(13-14)23(18)24;1-14-12-19-17-8-4-5-9-21(17)24-22-16-7-3-2-6-15(16)10-11-18(22)20(13-14)23(19)24;1-14-7-10-16(11-8-14)21-19-6-4-3-5-17(19)18-13-15(2)9-12-20(18)21/h2-15H,1H3;3*2-13H,1H3;3-13H,1-2H3. The maximum atomic E-state index is 2.47. The van der Waals surface area contributed by atoms with Crippen molar-refractivity contribution in [2.24, 2.45) is 0 Å². The van der Waals surface area contributed by atoms with Crippen molar-refractivity contribution in [3.8, 4) is 16.8 Å². The predicted octanol–water partition coefficient (Wildman–Crippen LogP) is 31.1. The van der Waals surface area contributed by atoms with Crippen molar-refractivity contribution in [2.75, 3.05) is 0 Å². The zero-order valence-corrected chi connectivity index (χ0v) is 67.0. The summed E-state index contributed by atoms with van der Waals surface area (Å²) < 4.78 is 12.1. The molecule has 28 rings (SSSR count). The molecule has 0 bridgehead atoms. The molecule has 0 aliphatic heterocycles. The quantitative estimate of drug-likeness (QED) is 0.165. The normalized spacial score (nSPS) is 12.1. The number of hydrogen-bond donors (Lipinski definition) is 0. The highest BCUT2D eigenvalue weighted by atomic mass is 15.0. The van der Waals surface area contributed by atoms with Gasteiger partial charge in [-0.05, 0) is 224 Å². The molecule has 0 spiro atoms. The van der Waals surface area contributed by atoms with E-state index in [-0.39, 0.29) is 0 Å². The zero-order valence-electron chi connectivity index (χ0n) is 67.0. The van der Waals surface area contributed by atoms with Crippen LogP contribution in [0.3, 0.4) is 0 Å². The smallest absolute Gasteiger partial charge is 0.0620 e. The fourth-order valence-electron chi connectivity index (χ4n) is 20.6. The summed E-state index contributed by atoms with van der Waals surface area (Å²) in [6, 6.07) is 135. The van der Waals surface area contributed by atoms with Crippen molar-refractivity contribution < 1.29 is 0 Å². The number of fused-ring (bicyclic) bond motifs is 32. The number of aryl methyl sites for hydroxylation is 6. The number of aromatic nitrogens is 5. The second kappa shape index (κ2) is 26.2. The Morgan fingerprint density at radius 1 is 0.151 bits per heavy atom. The molecule has 28 aromatic rings. The average molecular weight is 1520 g/mol. The molecule has 9 aromatic heterocycles. The Hall–Kier alpha value is -15.0. The lowest BCUT2D eigenvalue weighted by Crippen LogP contribution is -1.93. The molecule has 5 heteroatoms. The summed E-state index contributed by atoms with van der Waals surface area (Å²) in [6.07, 6.45) is 0. The Bertz CT molecular complexity index is 8840. The fraction of sp³-hybridized carbons (Fsp3) is 0.0526. The van der Waals surface area contributed by atoms with Crippen molar-refractivity contribution in [3.63, 3.8) is 0 Å². The Kier molecular flexibility index (Phi) is 15.1. The van der Waals surface area contributed by atoms with Gasteiger partial charge in [0.15, 0.2) is 0 Å². The first kappa shape index (κ1) is 68.4. The molecule has 0 saturated carbocycles. The Morgan fingerprint density at radius 2 is 0.496 bits per heavy atom. The molecule has 0 radical (unpaired) electrons. The van der Waals surface area contributed by atoms with Crippen molar-refractivity contribution in [2.45, 2.75) is 41.5 Å². The topological polar surface area (TPSA) is 22.6 Å². The van der Waals surface area contributed by atoms with Crippen LogP contribution in [0.25, 0.3) is 223 Å². The van der Waals surface area contributed by atoms with Crippen molar-refractivity contribution >= 4 is 207 Å². The van der Waals surface area contributed by atoms with E-state index < -0.39 is 0 Å². The van der Waals surface area contributed by atoms with Crippen LogP contribution in [0.5, 0.6) is 0 Å². The summed E-state index contributed by atoms with van der Waals surface area (Å²) in [4.78, 5) is 0. The number of benzene rings is 19. The van der Waals surface area contributed by atoms with Gasteiger partial charge in [-0.1, -0.05) is 259 Å². The fourth-order valence-corrected chi connectivity index (χ4v) is 20.6. The first-order chi connectivity index (χ1) is 58.5. The van der Waals surface area contributed by atoms with Crippen molar-refractivity contribution in [3.05, 3.63) is 403 Å². The summed E-state index contributed by atoms with van der Waals surface area (Å²) in [7, 11) is 0. The summed E-state index contributed by atoms with van der Waals surface area (Å²) in [5, 5.41) is 32.1. The lowest BCUT2D eigenvalue weighted by molar-refractivity contribution is 1.17. The minimum absolute atomic E-state index is 1.22. The highest BCUT2D eigenvalue weighted by molar-refractivity contribution is 6.31. The Morgan fingerprint density at radius 3 is 1.05 bits per heavy atom. The molecule has 0 aliphatic carbocycles. The Balaban J connectivity index is 0.0000000849. The summed E-state index contributed by atoms with van der Waals surface area (Å²) in [5.74, 6) is 0. The molecular formula is C114H79N5. The lowest BCUT2D eigenvalue weighted by atomic mass is 9.98. The molecule has 0 N–H and O–H groups in total. The van der Waals surface area contributed by atoms with Crippen molar-refractivity contribution in [1.82, 2.24) is 22.2 Å². The van der Waals surface area contributed by atoms with E-state index >= 15 is 0 Å². The minimum Gasteiger partial charge on any atom is -0.309 e. The maximum absolute atomic E-state index is 2.47. The summed E-state index contributed by atoms with van der Waals surface area (Å²) >= 11 is 0. The van der Waals surface area contributed by atoms with Gasteiger partial charge in [0.05, 0.1) is 77.2 Å². The number of para-hydroxylation sites is 6. The van der Waals surface area contributed by atoms with Gasteiger partial charge in [0, 0.05) is 108 Å². The molecule has 560 valence electrons. The van der Waals surface area contributed by atoms with E-state index in [9.17, 15) is 0 Å². The molecule has 0 amide bonds. The van der Waals surface area contributed by atoms with Gasteiger partial charge in [0.1, 0.15) is 0 Å². The van der Waals surface area contributed by atoms with E-state index in [1.807, 2.05) is 0 Å². The highest BCUT2D eigenvalue weighted by Crippen LogP contribution is 2.48. The van der Waals surface area contributed by atoms with E-state index in [1.54, 1.807) is 0 Å². The molecule has 119 heavy (non-hydrogen) atoms. The molecule has 0 atom stereocenters. The first-order valence-corrected chi connectivity index (χ1v) is 41.5. The van der Waals surface area contributed by atoms with E-state index in [2.05, 4.69) is 434 Å². The number of hydrogen-bond acceptors (Lipinski definition) is 0. The number of nitrogens with zero attached hydrogens (tertiary/aromatic N) is 5. The molecule has 0 aliphatic rings. The summed E-state index contributed by atoms with van der Waals surface area (Å²) in [6.45, 7) is 13.0. The number of rotatable bonds is 2. The van der Waals surface area contributed by atoms with Gasteiger partial charge in [-0.15, -0.1) is 0 Å². The molecular weight excluding hydrogens is 1440 g/mol. The second-order valence-electron chi connectivity index (χ2n) is 33.1. The molecule has 9 heterocycles. The molecule has 0 fully saturated rings. The lowest BCUT2D eigenvalue weighted by Gasteiger charge is -2.08. The first-order valence-electron chi connectivity index (χ1n) is 41.5. The van der Waals surface area contributed by atoms with Crippen LogP contribution in [0.1, 0.15) is 33.4 Å². The maximum Gasteiger partial charge on any atom is 0.0620 e. The van der Waals surface area contributed by atoms with Crippen molar-refractivity contribution in [1.29, 1.82) is 0 Å².